The van der Waals surface area contributed by atoms with Crippen molar-refractivity contribution in [2.24, 2.45) is 0 Å². The summed E-state index contributed by atoms with van der Waals surface area (Å²) in [5.41, 5.74) is 10.5. The van der Waals surface area contributed by atoms with Crippen molar-refractivity contribution in [3.8, 4) is 33.4 Å². The Hall–Kier alpha value is -6.44. The summed E-state index contributed by atoms with van der Waals surface area (Å²) in [6.45, 7) is 0. The molecule has 0 aliphatic heterocycles. The van der Waals surface area contributed by atoms with Crippen LogP contribution in [0.1, 0.15) is 0 Å². The van der Waals surface area contributed by atoms with Gasteiger partial charge in [0.1, 0.15) is 0 Å². The molecule has 0 saturated carbocycles. The molecule has 0 unspecified atom stereocenters. The lowest BCUT2D eigenvalue weighted by atomic mass is 9.91. The van der Waals surface area contributed by atoms with Crippen molar-refractivity contribution in [3.05, 3.63) is 200 Å². The molecule has 9 aromatic carbocycles. The van der Waals surface area contributed by atoms with Gasteiger partial charge < -0.3 is 4.90 Å². The topological polar surface area (TPSA) is 3.24 Å². The van der Waals surface area contributed by atoms with Gasteiger partial charge in [0.2, 0.25) is 0 Å². The maximum absolute atomic E-state index is 2.40. The van der Waals surface area contributed by atoms with Crippen LogP contribution in [0.25, 0.3) is 65.7 Å². The van der Waals surface area contributed by atoms with Gasteiger partial charge in [0.15, 0.2) is 0 Å². The number of nitrogens with zero attached hydrogens (tertiary/aromatic N) is 1. The summed E-state index contributed by atoms with van der Waals surface area (Å²) in [5, 5.41) is 7.56. The monoisotopic (exact) mass is 623 g/mol. The van der Waals surface area contributed by atoms with E-state index in [1.165, 1.54) is 65.7 Å². The SMILES string of the molecule is c1ccc(-c2ccc(-c3cc4ccccc4c4ccccc34)cc2N(c2ccccc2)c2ccc(-c3ccc4ccccc4c3)cc2)cc1. The van der Waals surface area contributed by atoms with Crippen molar-refractivity contribution < 1.29 is 0 Å². The second-order valence-electron chi connectivity index (χ2n) is 12.6. The molecule has 0 fully saturated rings. The first kappa shape index (κ1) is 28.8. The van der Waals surface area contributed by atoms with Gasteiger partial charge in [-0.1, -0.05) is 158 Å². The molecule has 0 bridgehead atoms. The van der Waals surface area contributed by atoms with Crippen LogP contribution >= 0.6 is 0 Å². The molecule has 1 nitrogen and oxygen atoms in total. The molecule has 9 aromatic rings. The molecular weight excluding hydrogens is 591 g/mol. The van der Waals surface area contributed by atoms with E-state index in [0.29, 0.717) is 0 Å². The Morgan fingerprint density at radius 3 is 1.61 bits per heavy atom. The normalized spacial score (nSPS) is 11.3. The van der Waals surface area contributed by atoms with Crippen molar-refractivity contribution in [1.29, 1.82) is 0 Å². The highest BCUT2D eigenvalue weighted by Crippen LogP contribution is 2.44. The number of hydrogen-bond acceptors (Lipinski definition) is 1. The minimum absolute atomic E-state index is 1.11. The third kappa shape index (κ3) is 5.32. The molecule has 0 N–H and O–H groups in total. The zero-order chi connectivity index (χ0) is 32.6. The van der Waals surface area contributed by atoms with E-state index in [2.05, 4.69) is 205 Å². The number of anilines is 3. The molecule has 0 aliphatic rings. The molecule has 0 aliphatic carbocycles. The van der Waals surface area contributed by atoms with E-state index in [4.69, 9.17) is 0 Å². The molecule has 0 spiro atoms. The van der Waals surface area contributed by atoms with Crippen LogP contribution in [0.5, 0.6) is 0 Å². The fourth-order valence-corrected chi connectivity index (χ4v) is 7.22. The van der Waals surface area contributed by atoms with Crippen LogP contribution in [0.4, 0.5) is 17.1 Å². The molecular formula is C48H33N. The minimum Gasteiger partial charge on any atom is -0.310 e. The lowest BCUT2D eigenvalue weighted by Gasteiger charge is -2.29. The third-order valence-electron chi connectivity index (χ3n) is 9.63. The van der Waals surface area contributed by atoms with Gasteiger partial charge in [-0.3, -0.25) is 0 Å². The fourth-order valence-electron chi connectivity index (χ4n) is 7.22. The lowest BCUT2D eigenvalue weighted by molar-refractivity contribution is 1.28. The van der Waals surface area contributed by atoms with E-state index in [1.807, 2.05) is 0 Å². The van der Waals surface area contributed by atoms with E-state index in [1.54, 1.807) is 0 Å². The van der Waals surface area contributed by atoms with Crippen molar-refractivity contribution in [1.82, 2.24) is 0 Å². The Labute approximate surface area is 287 Å². The van der Waals surface area contributed by atoms with Gasteiger partial charge in [0.25, 0.3) is 0 Å². The highest BCUT2D eigenvalue weighted by atomic mass is 15.1. The quantitative estimate of drug-likeness (QED) is 0.167. The molecule has 49 heavy (non-hydrogen) atoms. The van der Waals surface area contributed by atoms with Crippen molar-refractivity contribution in [3.63, 3.8) is 0 Å². The van der Waals surface area contributed by atoms with Crippen LogP contribution in [-0.4, -0.2) is 0 Å². The maximum Gasteiger partial charge on any atom is 0.0546 e. The third-order valence-corrected chi connectivity index (χ3v) is 9.63. The number of hydrogen-bond donors (Lipinski definition) is 0. The van der Waals surface area contributed by atoms with Gasteiger partial charge in [-0.05, 0) is 103 Å². The van der Waals surface area contributed by atoms with Gasteiger partial charge in [-0.15, -0.1) is 0 Å². The lowest BCUT2D eigenvalue weighted by Crippen LogP contribution is -2.11. The summed E-state index contributed by atoms with van der Waals surface area (Å²) in [7, 11) is 0. The fraction of sp³-hybridized carbons (Fsp3) is 0. The molecule has 0 radical (unpaired) electrons. The average molecular weight is 624 g/mol. The van der Waals surface area contributed by atoms with Gasteiger partial charge in [-0.2, -0.15) is 0 Å². The van der Waals surface area contributed by atoms with Crippen LogP contribution in [0.15, 0.2) is 200 Å². The Kier molecular flexibility index (Phi) is 7.22. The average Bonchev–Trinajstić information content (AvgIpc) is 3.18. The van der Waals surface area contributed by atoms with E-state index >= 15 is 0 Å². The highest BCUT2D eigenvalue weighted by Gasteiger charge is 2.19. The number of fused-ring (bicyclic) bond motifs is 4. The largest absolute Gasteiger partial charge is 0.310 e. The molecule has 9 rings (SSSR count). The van der Waals surface area contributed by atoms with E-state index in [9.17, 15) is 0 Å². The van der Waals surface area contributed by atoms with Gasteiger partial charge in [0.05, 0.1) is 5.69 Å². The van der Waals surface area contributed by atoms with Crippen LogP contribution in [-0.2, 0) is 0 Å². The molecule has 0 aromatic heterocycles. The maximum atomic E-state index is 2.40. The van der Waals surface area contributed by atoms with Gasteiger partial charge in [0, 0.05) is 16.9 Å². The minimum atomic E-state index is 1.11. The van der Waals surface area contributed by atoms with Crippen molar-refractivity contribution in [2.45, 2.75) is 0 Å². The molecule has 0 saturated heterocycles. The summed E-state index contributed by atoms with van der Waals surface area (Å²) >= 11 is 0. The van der Waals surface area contributed by atoms with E-state index in [0.717, 1.165) is 17.1 Å². The Balaban J connectivity index is 1.25. The van der Waals surface area contributed by atoms with Crippen LogP contribution in [0, 0.1) is 0 Å². The Morgan fingerprint density at radius 1 is 0.265 bits per heavy atom. The Bertz CT molecular complexity index is 2590. The van der Waals surface area contributed by atoms with E-state index < -0.39 is 0 Å². The van der Waals surface area contributed by atoms with Crippen molar-refractivity contribution in [2.75, 3.05) is 4.90 Å². The van der Waals surface area contributed by atoms with Crippen LogP contribution in [0.2, 0.25) is 0 Å². The Morgan fingerprint density at radius 2 is 0.837 bits per heavy atom. The summed E-state index contributed by atoms with van der Waals surface area (Å²) in [5.74, 6) is 0. The van der Waals surface area contributed by atoms with Gasteiger partial charge in [-0.25, -0.2) is 0 Å². The zero-order valence-corrected chi connectivity index (χ0v) is 27.0. The highest BCUT2D eigenvalue weighted by molar-refractivity contribution is 6.14. The standard InChI is InChI=1S/C48H33N/c1-3-14-36(15-4-1)44-30-27-40(47-32-39-17-9-10-20-43(39)45-21-11-12-22-46(45)47)33-48(44)49(41-18-5-2-6-19-41)42-28-25-35(26-29-42)38-24-23-34-13-7-8-16-37(34)31-38/h1-33H. The first-order valence-corrected chi connectivity index (χ1v) is 16.8. The van der Waals surface area contributed by atoms with Crippen molar-refractivity contribution >= 4 is 49.4 Å². The van der Waals surface area contributed by atoms with E-state index in [-0.39, 0.29) is 0 Å². The molecule has 0 atom stereocenters. The summed E-state index contributed by atoms with van der Waals surface area (Å²) < 4.78 is 0. The number of rotatable bonds is 6. The molecule has 0 amide bonds. The number of para-hydroxylation sites is 1. The summed E-state index contributed by atoms with van der Waals surface area (Å²) in [6.07, 6.45) is 0. The molecule has 230 valence electrons. The summed E-state index contributed by atoms with van der Waals surface area (Å²) in [6, 6.07) is 72.5. The zero-order valence-electron chi connectivity index (χ0n) is 27.0. The summed E-state index contributed by atoms with van der Waals surface area (Å²) in [4.78, 5) is 2.40. The first-order chi connectivity index (χ1) is 24.3. The molecule has 0 heterocycles. The van der Waals surface area contributed by atoms with Crippen LogP contribution < -0.4 is 4.90 Å². The second-order valence-corrected chi connectivity index (χ2v) is 12.6. The first-order valence-electron chi connectivity index (χ1n) is 16.8. The molecule has 1 heteroatoms. The predicted octanol–water partition coefficient (Wildman–Crippen LogP) is 13.6. The number of benzene rings is 9. The predicted molar refractivity (Wildman–Crippen MR) is 210 cm³/mol. The van der Waals surface area contributed by atoms with Gasteiger partial charge >= 0.3 is 0 Å². The second kappa shape index (κ2) is 12.3. The van der Waals surface area contributed by atoms with Crippen LogP contribution in [0.3, 0.4) is 0 Å². The smallest absolute Gasteiger partial charge is 0.0546 e.